The van der Waals surface area contributed by atoms with E-state index in [2.05, 4.69) is 20.4 Å². The highest BCUT2D eigenvalue weighted by molar-refractivity contribution is 7.90. The molecule has 2 aromatic carbocycles. The number of methoxy groups -OCH3 is 1. The molecule has 11 nitrogen and oxygen atoms in total. The van der Waals surface area contributed by atoms with E-state index in [0.29, 0.717) is 47.6 Å². The molecule has 12 heteroatoms. The maximum absolute atomic E-state index is 13.7. The van der Waals surface area contributed by atoms with Gasteiger partial charge in [-0.2, -0.15) is 5.10 Å². The summed E-state index contributed by atoms with van der Waals surface area (Å²) < 4.78 is 31.6. The van der Waals surface area contributed by atoms with Gasteiger partial charge in [-0.15, -0.1) is 0 Å². The number of rotatable bonds is 6. The average Bonchev–Trinajstić information content (AvgIpc) is 3.26. The lowest BCUT2D eigenvalue weighted by molar-refractivity contribution is 0.0671. The standard InChI is InChI=1S/C28H30N6O5S/c1-17-24(28(33(2)32-17)40(4,37)38)26(35)31-21-10-13-34(16-20(21)18-8-6-5-7-9-18)27(36)19-14-22-25(23(15-19)39-3)30-12-11-29-22/h5-9,11-12,14-15,20-21H,10,13,16H2,1-4H3,(H,31,35)/t20-,21-/m1/s1. The largest absolute Gasteiger partial charge is 0.494 e. The van der Waals surface area contributed by atoms with Gasteiger partial charge in [-0.25, -0.2) is 13.4 Å². The number of piperidine rings is 1. The molecule has 2 atom stereocenters. The molecule has 0 aliphatic carbocycles. The second kappa shape index (κ2) is 10.7. The summed E-state index contributed by atoms with van der Waals surface area (Å²) in [7, 11) is -0.671. The lowest BCUT2D eigenvalue weighted by atomic mass is 9.85. The number of sulfone groups is 1. The first-order valence-corrected chi connectivity index (χ1v) is 14.6. The zero-order chi connectivity index (χ0) is 28.6. The Morgan fingerprint density at radius 2 is 1.82 bits per heavy atom. The minimum absolute atomic E-state index is 0.0414. The van der Waals surface area contributed by atoms with Crippen LogP contribution in [0, 0.1) is 6.92 Å². The quantitative estimate of drug-likeness (QED) is 0.379. The summed E-state index contributed by atoms with van der Waals surface area (Å²) in [6, 6.07) is 12.7. The van der Waals surface area contributed by atoms with Gasteiger partial charge < -0.3 is 15.0 Å². The molecule has 4 aromatic rings. The van der Waals surface area contributed by atoms with Gasteiger partial charge >= 0.3 is 0 Å². The van der Waals surface area contributed by atoms with Crippen molar-refractivity contribution in [3.05, 3.63) is 77.2 Å². The van der Waals surface area contributed by atoms with Crippen molar-refractivity contribution in [1.82, 2.24) is 30.0 Å². The highest BCUT2D eigenvalue weighted by atomic mass is 32.2. The van der Waals surface area contributed by atoms with Gasteiger partial charge in [0.1, 0.15) is 11.3 Å². The molecule has 3 heterocycles. The Kier molecular flexibility index (Phi) is 7.28. The zero-order valence-electron chi connectivity index (χ0n) is 22.7. The molecule has 2 aromatic heterocycles. The molecule has 1 aliphatic rings. The Morgan fingerprint density at radius 1 is 1.10 bits per heavy atom. The van der Waals surface area contributed by atoms with Gasteiger partial charge in [-0.05, 0) is 31.0 Å². The number of carbonyl (C=O) groups excluding carboxylic acids is 2. The number of nitrogens with zero attached hydrogens (tertiary/aromatic N) is 5. The van der Waals surface area contributed by atoms with Crippen LogP contribution in [0.15, 0.2) is 59.9 Å². The van der Waals surface area contributed by atoms with E-state index in [-0.39, 0.29) is 28.5 Å². The second-order valence-electron chi connectivity index (χ2n) is 9.90. The normalized spacial score (nSPS) is 17.6. The summed E-state index contributed by atoms with van der Waals surface area (Å²) in [6.07, 6.45) is 4.66. The fourth-order valence-corrected chi connectivity index (χ4v) is 6.55. The number of hydrogen-bond donors (Lipinski definition) is 1. The summed E-state index contributed by atoms with van der Waals surface area (Å²) in [6.45, 7) is 2.35. The fourth-order valence-electron chi connectivity index (χ4n) is 5.42. The maximum Gasteiger partial charge on any atom is 0.256 e. The number of aryl methyl sites for hydroxylation is 2. The van der Waals surface area contributed by atoms with E-state index < -0.39 is 15.7 Å². The monoisotopic (exact) mass is 562 g/mol. The number of benzene rings is 2. The molecule has 1 aliphatic heterocycles. The Labute approximate surface area is 232 Å². The number of amides is 2. The summed E-state index contributed by atoms with van der Waals surface area (Å²) in [4.78, 5) is 37.6. The molecule has 1 fully saturated rings. The Hall–Kier alpha value is -4.32. The number of aromatic nitrogens is 4. The molecule has 40 heavy (non-hydrogen) atoms. The molecule has 0 saturated carbocycles. The molecule has 0 radical (unpaired) electrons. The highest BCUT2D eigenvalue weighted by Crippen LogP contribution is 2.31. The van der Waals surface area contributed by atoms with Crippen LogP contribution in [0.2, 0.25) is 0 Å². The third-order valence-electron chi connectivity index (χ3n) is 7.20. The Morgan fingerprint density at radius 3 is 2.52 bits per heavy atom. The van der Waals surface area contributed by atoms with Crippen molar-refractivity contribution < 1.29 is 22.7 Å². The summed E-state index contributed by atoms with van der Waals surface area (Å²) in [5, 5.41) is 7.11. The molecular formula is C28H30N6O5S. The SMILES string of the molecule is COc1cc(C(=O)N2CC[C@@H](NC(=O)c3c(C)nn(C)c3S(C)(=O)=O)[C@@H](c3ccccc3)C2)cc2nccnc12. The average molecular weight is 563 g/mol. The van der Waals surface area contributed by atoms with Gasteiger partial charge in [0, 0.05) is 56.3 Å². The van der Waals surface area contributed by atoms with Crippen molar-refractivity contribution in [3.8, 4) is 5.75 Å². The van der Waals surface area contributed by atoms with Crippen molar-refractivity contribution >= 4 is 32.7 Å². The lowest BCUT2D eigenvalue weighted by Gasteiger charge is -2.39. The molecular weight excluding hydrogens is 532 g/mol. The van der Waals surface area contributed by atoms with Gasteiger partial charge in [-0.3, -0.25) is 19.3 Å². The lowest BCUT2D eigenvalue weighted by Crippen LogP contribution is -2.51. The van der Waals surface area contributed by atoms with Gasteiger partial charge in [0.25, 0.3) is 11.8 Å². The van der Waals surface area contributed by atoms with Gasteiger partial charge in [0.05, 0.1) is 23.9 Å². The zero-order valence-corrected chi connectivity index (χ0v) is 23.5. The van der Waals surface area contributed by atoms with Crippen molar-refractivity contribution in [2.75, 3.05) is 26.5 Å². The Bertz CT molecular complexity index is 1700. The Balaban J connectivity index is 1.44. The van der Waals surface area contributed by atoms with Crippen LogP contribution in [-0.4, -0.2) is 77.4 Å². The van der Waals surface area contributed by atoms with E-state index in [1.165, 1.54) is 18.8 Å². The van der Waals surface area contributed by atoms with Crippen molar-refractivity contribution in [2.45, 2.75) is 30.3 Å². The van der Waals surface area contributed by atoms with E-state index in [1.807, 2.05) is 30.3 Å². The van der Waals surface area contributed by atoms with Gasteiger partial charge in [0.15, 0.2) is 14.9 Å². The predicted octanol–water partition coefficient (Wildman–Crippen LogP) is 2.51. The van der Waals surface area contributed by atoms with Crippen LogP contribution in [-0.2, 0) is 16.9 Å². The number of nitrogens with one attached hydrogen (secondary N) is 1. The molecule has 208 valence electrons. The predicted molar refractivity (Wildman–Crippen MR) is 148 cm³/mol. The van der Waals surface area contributed by atoms with Crippen LogP contribution >= 0.6 is 0 Å². The molecule has 0 spiro atoms. The van der Waals surface area contributed by atoms with Crippen LogP contribution in [0.3, 0.4) is 0 Å². The first kappa shape index (κ1) is 27.3. The highest BCUT2D eigenvalue weighted by Gasteiger charge is 2.36. The minimum Gasteiger partial charge on any atom is -0.494 e. The number of likely N-dealkylation sites (tertiary alicyclic amines) is 1. The van der Waals surface area contributed by atoms with Gasteiger partial charge in [0.2, 0.25) is 0 Å². The molecule has 1 N–H and O–H groups in total. The topological polar surface area (TPSA) is 136 Å². The number of hydrogen-bond acceptors (Lipinski definition) is 8. The summed E-state index contributed by atoms with van der Waals surface area (Å²) in [5.41, 5.74) is 2.89. The fraction of sp³-hybridized carbons (Fsp3) is 0.321. The first-order chi connectivity index (χ1) is 19.1. The van der Waals surface area contributed by atoms with Crippen molar-refractivity contribution in [2.24, 2.45) is 7.05 Å². The third kappa shape index (κ3) is 5.14. The van der Waals surface area contributed by atoms with Crippen LogP contribution in [0.4, 0.5) is 0 Å². The molecule has 2 amide bonds. The molecule has 5 rings (SSSR count). The van der Waals surface area contributed by atoms with E-state index in [0.717, 1.165) is 11.8 Å². The van der Waals surface area contributed by atoms with E-state index in [9.17, 15) is 18.0 Å². The van der Waals surface area contributed by atoms with Crippen LogP contribution < -0.4 is 10.1 Å². The van der Waals surface area contributed by atoms with Gasteiger partial charge in [-0.1, -0.05) is 30.3 Å². The maximum atomic E-state index is 13.7. The molecule has 1 saturated heterocycles. The van der Waals surface area contributed by atoms with Crippen LogP contribution in [0.25, 0.3) is 11.0 Å². The van der Waals surface area contributed by atoms with E-state index in [1.54, 1.807) is 36.4 Å². The summed E-state index contributed by atoms with van der Waals surface area (Å²) in [5.74, 6) is -0.457. The first-order valence-electron chi connectivity index (χ1n) is 12.8. The smallest absolute Gasteiger partial charge is 0.256 e. The molecule has 0 bridgehead atoms. The van der Waals surface area contributed by atoms with Crippen LogP contribution in [0.5, 0.6) is 5.75 Å². The minimum atomic E-state index is -3.70. The number of ether oxygens (including phenoxy) is 1. The number of carbonyl (C=O) groups is 2. The van der Waals surface area contributed by atoms with E-state index >= 15 is 0 Å². The van der Waals surface area contributed by atoms with Crippen LogP contribution in [0.1, 0.15) is 44.3 Å². The van der Waals surface area contributed by atoms with Crippen molar-refractivity contribution in [3.63, 3.8) is 0 Å². The van der Waals surface area contributed by atoms with Crippen molar-refractivity contribution in [1.29, 1.82) is 0 Å². The summed E-state index contributed by atoms with van der Waals surface area (Å²) >= 11 is 0. The van der Waals surface area contributed by atoms with E-state index in [4.69, 9.17) is 4.74 Å². The third-order valence-corrected chi connectivity index (χ3v) is 8.37. The second-order valence-corrected chi connectivity index (χ2v) is 11.8. The molecule has 0 unspecified atom stereocenters. The number of fused-ring (bicyclic) bond motifs is 1.